The smallest absolute Gasteiger partial charge is 0.258 e. The molecule has 4 atom stereocenters. The second-order valence-corrected chi connectivity index (χ2v) is 11.3. The largest absolute Gasteiger partial charge is 0.497 e. The van der Waals surface area contributed by atoms with E-state index in [1.807, 2.05) is 6.07 Å². The number of amides is 1. The summed E-state index contributed by atoms with van der Waals surface area (Å²) in [6.45, 7) is -0.109. The number of aromatic nitrogens is 1. The lowest BCUT2D eigenvalue weighted by molar-refractivity contribution is -0.127. The number of hydrogen-bond donors (Lipinski definition) is 2. The third-order valence-electron chi connectivity index (χ3n) is 7.51. The first-order valence-electron chi connectivity index (χ1n) is 11.5. The summed E-state index contributed by atoms with van der Waals surface area (Å²) in [7, 11) is -2.26. The van der Waals surface area contributed by atoms with E-state index in [0.717, 1.165) is 25.5 Å². The second kappa shape index (κ2) is 8.51. The van der Waals surface area contributed by atoms with E-state index in [2.05, 4.69) is 5.32 Å². The van der Waals surface area contributed by atoms with Crippen LogP contribution in [0.25, 0.3) is 11.1 Å². The molecule has 1 aromatic carbocycles. The molecule has 9 nitrogen and oxygen atoms in total. The zero-order chi connectivity index (χ0) is 24.2. The lowest BCUT2D eigenvalue weighted by Gasteiger charge is -2.32. The Kier molecular flexibility index (Phi) is 5.78. The molecule has 2 aliphatic heterocycles. The maximum atomic E-state index is 13.5. The van der Waals surface area contributed by atoms with Crippen LogP contribution in [0.4, 0.5) is 0 Å². The summed E-state index contributed by atoms with van der Waals surface area (Å²) in [5, 5.41) is 13.2. The topological polar surface area (TPSA) is 118 Å². The number of methoxy groups -OCH3 is 1. The number of aliphatic hydroxyl groups is 1. The first-order chi connectivity index (χ1) is 16.2. The van der Waals surface area contributed by atoms with Crippen molar-refractivity contribution in [3.8, 4) is 16.9 Å². The van der Waals surface area contributed by atoms with Crippen LogP contribution in [0.2, 0.25) is 0 Å². The van der Waals surface area contributed by atoms with Gasteiger partial charge in [-0.15, -0.1) is 0 Å². The molecule has 1 aliphatic carbocycles. The number of aliphatic hydroxyl groups excluding tert-OH is 1. The van der Waals surface area contributed by atoms with Crippen LogP contribution in [0.1, 0.15) is 31.0 Å². The van der Waals surface area contributed by atoms with Crippen molar-refractivity contribution in [2.75, 3.05) is 20.0 Å². The highest BCUT2D eigenvalue weighted by atomic mass is 32.2. The quantitative estimate of drug-likeness (QED) is 0.631. The number of hydrogen-bond acceptors (Lipinski definition) is 6. The van der Waals surface area contributed by atoms with E-state index in [1.165, 1.54) is 4.31 Å². The van der Waals surface area contributed by atoms with Gasteiger partial charge in [-0.1, -0.05) is 12.1 Å². The minimum Gasteiger partial charge on any atom is -0.497 e. The van der Waals surface area contributed by atoms with Crippen LogP contribution < -0.4 is 15.6 Å². The molecule has 0 bridgehead atoms. The number of ether oxygens (including phenoxy) is 1. The fourth-order valence-electron chi connectivity index (χ4n) is 5.66. The molecular formula is C24H29N3O6S. The average Bonchev–Trinajstić information content (AvgIpc) is 3.31. The zero-order valence-corrected chi connectivity index (χ0v) is 20.0. The Hall–Kier alpha value is -2.69. The Morgan fingerprint density at radius 1 is 1.24 bits per heavy atom. The van der Waals surface area contributed by atoms with Gasteiger partial charge in [-0.2, -0.15) is 4.31 Å². The number of nitrogens with zero attached hydrogens (tertiary/aromatic N) is 2. The molecule has 182 valence electrons. The van der Waals surface area contributed by atoms with Crippen molar-refractivity contribution in [2.24, 2.45) is 11.8 Å². The van der Waals surface area contributed by atoms with Gasteiger partial charge in [0.25, 0.3) is 5.56 Å². The van der Waals surface area contributed by atoms with Gasteiger partial charge in [0.2, 0.25) is 15.9 Å². The molecule has 0 spiro atoms. The van der Waals surface area contributed by atoms with Gasteiger partial charge in [0.1, 0.15) is 11.8 Å². The molecule has 3 aliphatic rings. The number of rotatable bonds is 6. The molecule has 0 radical (unpaired) electrons. The molecule has 1 amide bonds. The molecule has 1 aromatic heterocycles. The highest BCUT2D eigenvalue weighted by Gasteiger charge is 2.59. The van der Waals surface area contributed by atoms with E-state index in [0.29, 0.717) is 22.6 Å². The van der Waals surface area contributed by atoms with E-state index in [-0.39, 0.29) is 36.6 Å². The molecule has 34 heavy (non-hydrogen) atoms. The number of benzene rings is 1. The van der Waals surface area contributed by atoms with Gasteiger partial charge >= 0.3 is 0 Å². The SMILES string of the molecule is COc1cccc(-c2ccc3n(c2=O)C[C@H]2[C@H](CO)[C@@H](C(=O)NC4CCC4)N(S(C)(=O)=O)[C@@H]32)c1. The minimum atomic E-state index is -3.82. The monoisotopic (exact) mass is 487 g/mol. The maximum Gasteiger partial charge on any atom is 0.258 e. The molecule has 2 fully saturated rings. The third-order valence-corrected chi connectivity index (χ3v) is 8.73. The number of fused-ring (bicyclic) bond motifs is 3. The first-order valence-corrected chi connectivity index (χ1v) is 13.4. The van der Waals surface area contributed by atoms with Crippen molar-refractivity contribution in [1.29, 1.82) is 0 Å². The normalized spacial score (nSPS) is 26.6. The fraction of sp³-hybridized carbons (Fsp3) is 0.500. The van der Waals surface area contributed by atoms with Gasteiger partial charge in [0.15, 0.2) is 0 Å². The number of carbonyl (C=O) groups excluding carboxylic acids is 1. The number of pyridine rings is 1. The molecule has 10 heteroatoms. The fourth-order valence-corrected chi connectivity index (χ4v) is 7.00. The Morgan fingerprint density at radius 3 is 2.62 bits per heavy atom. The second-order valence-electron chi connectivity index (χ2n) is 9.45. The van der Waals surface area contributed by atoms with Crippen LogP contribution in [0.3, 0.4) is 0 Å². The van der Waals surface area contributed by atoms with Gasteiger partial charge in [0, 0.05) is 42.3 Å². The average molecular weight is 488 g/mol. The van der Waals surface area contributed by atoms with Crippen molar-refractivity contribution in [2.45, 2.75) is 43.9 Å². The lowest BCUT2D eigenvalue weighted by Crippen LogP contribution is -2.53. The van der Waals surface area contributed by atoms with E-state index in [4.69, 9.17) is 4.74 Å². The van der Waals surface area contributed by atoms with Crippen LogP contribution in [0, 0.1) is 11.8 Å². The summed E-state index contributed by atoms with van der Waals surface area (Å²) in [5.41, 5.74) is 1.49. The van der Waals surface area contributed by atoms with Crippen molar-refractivity contribution < 1.29 is 23.1 Å². The van der Waals surface area contributed by atoms with Crippen LogP contribution in [-0.2, 0) is 21.4 Å². The predicted octanol–water partition coefficient (Wildman–Crippen LogP) is 1.12. The number of sulfonamides is 1. The van der Waals surface area contributed by atoms with E-state index < -0.39 is 28.0 Å². The van der Waals surface area contributed by atoms with Crippen LogP contribution >= 0.6 is 0 Å². The molecule has 2 N–H and O–H groups in total. The molecule has 1 saturated carbocycles. The summed E-state index contributed by atoms with van der Waals surface area (Å²) in [4.78, 5) is 26.6. The highest BCUT2D eigenvalue weighted by molar-refractivity contribution is 7.88. The van der Waals surface area contributed by atoms with Crippen LogP contribution in [0.5, 0.6) is 5.75 Å². The van der Waals surface area contributed by atoms with Gasteiger partial charge in [0.05, 0.1) is 19.4 Å². The van der Waals surface area contributed by atoms with Crippen LogP contribution in [0.15, 0.2) is 41.2 Å². The summed E-state index contributed by atoms with van der Waals surface area (Å²) in [5.74, 6) is -0.738. The standard InChI is InChI=1S/C24H29N3O6S/c1-33-16-8-3-5-14(11-16)17-9-10-20-21-18(12-26(20)24(17)30)19(13-28)22(27(21)34(2,31)32)23(29)25-15-6-4-7-15/h3,5,8-11,15,18-19,21-22,28H,4,6-7,12-13H2,1-2H3,(H,25,29)/t18-,19-,21+,22-/m0/s1. The van der Waals surface area contributed by atoms with E-state index in [1.54, 1.807) is 42.0 Å². The van der Waals surface area contributed by atoms with Crippen LogP contribution in [-0.4, -0.2) is 60.4 Å². The maximum absolute atomic E-state index is 13.5. The predicted molar refractivity (Wildman–Crippen MR) is 126 cm³/mol. The molecule has 3 heterocycles. The van der Waals surface area contributed by atoms with Crippen molar-refractivity contribution in [3.63, 3.8) is 0 Å². The summed E-state index contributed by atoms with van der Waals surface area (Å²) < 4.78 is 34.0. The molecule has 2 aromatic rings. The van der Waals surface area contributed by atoms with Gasteiger partial charge in [-0.25, -0.2) is 8.42 Å². The van der Waals surface area contributed by atoms with Crippen molar-refractivity contribution >= 4 is 15.9 Å². The third kappa shape index (κ3) is 3.64. The Labute approximate surface area is 198 Å². The summed E-state index contributed by atoms with van der Waals surface area (Å²) in [6.07, 6.45) is 3.86. The van der Waals surface area contributed by atoms with E-state index >= 15 is 0 Å². The molecule has 0 unspecified atom stereocenters. The Bertz CT molecular complexity index is 1290. The first kappa shape index (κ1) is 23.1. The zero-order valence-electron chi connectivity index (χ0n) is 19.2. The summed E-state index contributed by atoms with van der Waals surface area (Å²) >= 11 is 0. The Balaban J connectivity index is 1.57. The van der Waals surface area contributed by atoms with Gasteiger partial charge in [-0.3, -0.25) is 9.59 Å². The number of carbonyl (C=O) groups is 1. The Morgan fingerprint density at radius 2 is 2.00 bits per heavy atom. The molecule has 5 rings (SSSR count). The van der Waals surface area contributed by atoms with Crippen molar-refractivity contribution in [3.05, 3.63) is 52.4 Å². The minimum absolute atomic E-state index is 0.0500. The number of nitrogens with one attached hydrogen (secondary N) is 1. The van der Waals surface area contributed by atoms with Gasteiger partial charge in [-0.05, 0) is 49.1 Å². The lowest BCUT2D eigenvalue weighted by atomic mass is 9.87. The summed E-state index contributed by atoms with van der Waals surface area (Å²) in [6, 6.07) is 9.02. The molecular weight excluding hydrogens is 458 g/mol. The van der Waals surface area contributed by atoms with Crippen molar-refractivity contribution in [1.82, 2.24) is 14.2 Å². The van der Waals surface area contributed by atoms with Gasteiger partial charge < -0.3 is 19.7 Å². The molecule has 1 saturated heterocycles. The van der Waals surface area contributed by atoms with E-state index in [9.17, 15) is 23.1 Å². The highest BCUT2D eigenvalue weighted by Crippen LogP contribution is 2.50.